The van der Waals surface area contributed by atoms with Gasteiger partial charge < -0.3 is 4.90 Å². The van der Waals surface area contributed by atoms with Crippen LogP contribution in [0, 0.1) is 0 Å². The monoisotopic (exact) mass is 465 g/mol. The minimum absolute atomic E-state index is 0.00149. The third kappa shape index (κ3) is 4.15. The van der Waals surface area contributed by atoms with Crippen molar-refractivity contribution in [3.63, 3.8) is 0 Å². The molecule has 172 valence electrons. The number of nitrogens with zero attached hydrogens (tertiary/aromatic N) is 2. The van der Waals surface area contributed by atoms with Crippen molar-refractivity contribution >= 4 is 46.9 Å². The van der Waals surface area contributed by atoms with E-state index in [2.05, 4.69) is 37.9 Å². The van der Waals surface area contributed by atoms with Gasteiger partial charge in [0.25, 0.3) is 11.8 Å². The van der Waals surface area contributed by atoms with Gasteiger partial charge in [0.15, 0.2) is 0 Å². The number of fused-ring (bicyclic) bond motifs is 1. The van der Waals surface area contributed by atoms with Crippen LogP contribution in [0.5, 0.6) is 0 Å². The molecule has 4 amide bonds. The standard InChI is InChI=1S/C26H28ClN3O3/c1-5-11-29-22-14-21(27)17(12-19(22)16(2)15-26(29,3)4)13-20-23(31)28-25(33)30(24(20)32)18-9-7-6-8-10-18/h6-10,12-14,16H,5,11,15H2,1-4H3,(H,28,31,33)/b20-13-. The Morgan fingerprint density at radius 1 is 1.15 bits per heavy atom. The Bertz CT molecular complexity index is 1160. The molecule has 0 spiro atoms. The smallest absolute Gasteiger partial charge is 0.335 e. The maximum atomic E-state index is 13.2. The number of carbonyl (C=O) groups excluding carboxylic acids is 3. The molecule has 33 heavy (non-hydrogen) atoms. The number of nitrogens with one attached hydrogen (secondary N) is 1. The van der Waals surface area contributed by atoms with Crippen LogP contribution in [0.15, 0.2) is 48.0 Å². The fourth-order valence-electron chi connectivity index (χ4n) is 4.90. The molecule has 4 rings (SSSR count). The second kappa shape index (κ2) is 8.67. The summed E-state index contributed by atoms with van der Waals surface area (Å²) in [6, 6.07) is 11.6. The van der Waals surface area contributed by atoms with Crippen molar-refractivity contribution in [2.75, 3.05) is 16.3 Å². The van der Waals surface area contributed by atoms with Gasteiger partial charge in [-0.25, -0.2) is 9.69 Å². The predicted octanol–water partition coefficient (Wildman–Crippen LogP) is 5.51. The normalized spacial score (nSPS) is 21.3. The molecule has 2 aromatic rings. The molecule has 0 aliphatic carbocycles. The predicted molar refractivity (Wildman–Crippen MR) is 132 cm³/mol. The Morgan fingerprint density at radius 2 is 1.85 bits per heavy atom. The van der Waals surface area contributed by atoms with Gasteiger partial charge in [0.1, 0.15) is 5.57 Å². The van der Waals surface area contributed by atoms with Crippen molar-refractivity contribution in [3.05, 3.63) is 64.2 Å². The fraction of sp³-hybridized carbons (Fsp3) is 0.346. The molecule has 0 aromatic heterocycles. The first-order valence-electron chi connectivity index (χ1n) is 11.2. The van der Waals surface area contributed by atoms with Crippen LogP contribution < -0.4 is 15.1 Å². The molecular weight excluding hydrogens is 438 g/mol. The Morgan fingerprint density at radius 3 is 2.52 bits per heavy atom. The third-order valence-electron chi connectivity index (χ3n) is 6.37. The summed E-state index contributed by atoms with van der Waals surface area (Å²) in [6.07, 6.45) is 3.48. The molecule has 2 aliphatic rings. The number of para-hydroxylation sites is 1. The molecule has 1 unspecified atom stereocenters. The molecule has 0 bridgehead atoms. The van der Waals surface area contributed by atoms with Crippen molar-refractivity contribution < 1.29 is 14.4 Å². The first kappa shape index (κ1) is 23.1. The van der Waals surface area contributed by atoms with Crippen molar-refractivity contribution in [2.45, 2.75) is 52.0 Å². The lowest BCUT2D eigenvalue weighted by Crippen LogP contribution is -2.54. The lowest BCUT2D eigenvalue weighted by Gasteiger charge is -2.47. The molecule has 6 nitrogen and oxygen atoms in total. The summed E-state index contributed by atoms with van der Waals surface area (Å²) in [4.78, 5) is 41.5. The van der Waals surface area contributed by atoms with Crippen molar-refractivity contribution in [3.8, 4) is 0 Å². The van der Waals surface area contributed by atoms with Gasteiger partial charge >= 0.3 is 6.03 Å². The van der Waals surface area contributed by atoms with Crippen LogP contribution in [-0.4, -0.2) is 29.9 Å². The zero-order chi connectivity index (χ0) is 23.9. The molecule has 2 aliphatic heterocycles. The highest BCUT2D eigenvalue weighted by molar-refractivity contribution is 6.40. The highest BCUT2D eigenvalue weighted by Crippen LogP contribution is 2.45. The summed E-state index contributed by atoms with van der Waals surface area (Å²) in [5, 5.41) is 2.72. The number of amides is 4. The van der Waals surface area contributed by atoms with Crippen molar-refractivity contribution in [2.24, 2.45) is 0 Å². The Labute approximate surface area is 199 Å². The first-order valence-corrected chi connectivity index (χ1v) is 11.6. The molecule has 0 saturated carbocycles. The van der Waals surface area contributed by atoms with Crippen LogP contribution in [-0.2, 0) is 9.59 Å². The Hall–Kier alpha value is -3.12. The molecule has 0 radical (unpaired) electrons. The number of halogens is 1. The van der Waals surface area contributed by atoms with E-state index in [0.717, 1.165) is 35.5 Å². The average molecular weight is 466 g/mol. The molecule has 1 atom stereocenters. The van der Waals surface area contributed by atoms with Gasteiger partial charge in [0.2, 0.25) is 0 Å². The van der Waals surface area contributed by atoms with Crippen LogP contribution in [0.3, 0.4) is 0 Å². The number of urea groups is 1. The Balaban J connectivity index is 1.78. The van der Waals surface area contributed by atoms with Crippen LogP contribution in [0.4, 0.5) is 16.2 Å². The number of rotatable bonds is 4. The van der Waals surface area contributed by atoms with E-state index in [4.69, 9.17) is 11.6 Å². The van der Waals surface area contributed by atoms with E-state index in [0.29, 0.717) is 16.3 Å². The molecule has 7 heteroatoms. The summed E-state index contributed by atoms with van der Waals surface area (Å²) in [5.41, 5.74) is 3.07. The molecular formula is C26H28ClN3O3. The summed E-state index contributed by atoms with van der Waals surface area (Å²) in [6.45, 7) is 9.74. The van der Waals surface area contributed by atoms with Crippen LogP contribution in [0.2, 0.25) is 5.02 Å². The maximum Gasteiger partial charge on any atom is 0.335 e. The molecule has 1 saturated heterocycles. The second-order valence-electron chi connectivity index (χ2n) is 9.30. The van der Waals surface area contributed by atoms with Crippen LogP contribution in [0.1, 0.15) is 57.6 Å². The van der Waals surface area contributed by atoms with E-state index < -0.39 is 17.8 Å². The van der Waals surface area contributed by atoms with Gasteiger partial charge in [0, 0.05) is 22.8 Å². The van der Waals surface area contributed by atoms with Gasteiger partial charge in [-0.15, -0.1) is 0 Å². The highest BCUT2D eigenvalue weighted by atomic mass is 35.5. The Kier molecular flexibility index (Phi) is 6.06. The fourth-order valence-corrected chi connectivity index (χ4v) is 5.12. The summed E-state index contributed by atoms with van der Waals surface area (Å²) in [5.74, 6) is -1.12. The molecule has 1 fully saturated rings. The molecule has 2 aromatic carbocycles. The SMILES string of the molecule is CCCN1c2cc(Cl)c(/C=C3/C(=O)NC(=O)N(c4ccccc4)C3=O)cc2C(C)CC1(C)C. The number of carbonyl (C=O) groups is 3. The lowest BCUT2D eigenvalue weighted by molar-refractivity contribution is -0.122. The van der Waals surface area contributed by atoms with Gasteiger partial charge in [-0.2, -0.15) is 0 Å². The number of anilines is 2. The number of benzene rings is 2. The first-order chi connectivity index (χ1) is 15.6. The maximum absolute atomic E-state index is 13.2. The number of barbiturate groups is 1. The third-order valence-corrected chi connectivity index (χ3v) is 6.69. The minimum Gasteiger partial charge on any atom is -0.366 e. The van der Waals surface area contributed by atoms with Gasteiger partial charge in [0.05, 0.1) is 5.69 Å². The zero-order valence-electron chi connectivity index (χ0n) is 19.3. The van der Waals surface area contributed by atoms with Gasteiger partial charge in [-0.05, 0) is 74.1 Å². The topological polar surface area (TPSA) is 69.7 Å². The lowest BCUT2D eigenvalue weighted by atomic mass is 9.79. The number of imide groups is 2. The van der Waals surface area contributed by atoms with Gasteiger partial charge in [-0.1, -0.05) is 43.6 Å². The molecule has 1 N–H and O–H groups in total. The van der Waals surface area contributed by atoms with Crippen molar-refractivity contribution in [1.82, 2.24) is 5.32 Å². The summed E-state index contributed by atoms with van der Waals surface area (Å²) in [7, 11) is 0. The number of hydrogen-bond acceptors (Lipinski definition) is 4. The summed E-state index contributed by atoms with van der Waals surface area (Å²) >= 11 is 6.67. The van der Waals surface area contributed by atoms with E-state index in [-0.39, 0.29) is 17.0 Å². The number of hydrogen-bond donors (Lipinski definition) is 1. The molecule has 2 heterocycles. The van der Waals surface area contributed by atoms with E-state index in [9.17, 15) is 14.4 Å². The summed E-state index contributed by atoms with van der Waals surface area (Å²) < 4.78 is 0. The van der Waals surface area contributed by atoms with E-state index in [1.165, 1.54) is 6.08 Å². The van der Waals surface area contributed by atoms with Crippen molar-refractivity contribution in [1.29, 1.82) is 0 Å². The van der Waals surface area contributed by atoms with Crippen LogP contribution >= 0.6 is 11.6 Å². The minimum atomic E-state index is -0.768. The second-order valence-corrected chi connectivity index (χ2v) is 9.70. The van der Waals surface area contributed by atoms with E-state index in [1.807, 2.05) is 12.1 Å². The average Bonchev–Trinajstić information content (AvgIpc) is 2.75. The largest absolute Gasteiger partial charge is 0.366 e. The van der Waals surface area contributed by atoms with E-state index >= 15 is 0 Å². The highest BCUT2D eigenvalue weighted by Gasteiger charge is 2.38. The van der Waals surface area contributed by atoms with Crippen LogP contribution in [0.25, 0.3) is 6.08 Å². The quantitative estimate of drug-likeness (QED) is 0.477. The van der Waals surface area contributed by atoms with E-state index in [1.54, 1.807) is 30.3 Å². The van der Waals surface area contributed by atoms with Gasteiger partial charge in [-0.3, -0.25) is 14.9 Å². The zero-order valence-corrected chi connectivity index (χ0v) is 20.1.